The Hall–Kier alpha value is -2.31. The van der Waals surface area contributed by atoms with Crippen LogP contribution in [0.25, 0.3) is 0 Å². The van der Waals surface area contributed by atoms with Crippen LogP contribution < -0.4 is 0 Å². The SMILES string of the molecule is Cc1ccccc1CN1CC[C@H]2OCCN(C(=O)c3cnccn3)[C@@H]2C1. The molecule has 1 amide bonds. The molecule has 6 nitrogen and oxygen atoms in total. The van der Waals surface area contributed by atoms with Gasteiger partial charge in [0.15, 0.2) is 0 Å². The first-order valence-corrected chi connectivity index (χ1v) is 9.18. The minimum absolute atomic E-state index is 0.0471. The molecule has 2 aliphatic heterocycles. The summed E-state index contributed by atoms with van der Waals surface area (Å²) in [4.78, 5) is 25.5. The molecule has 0 unspecified atom stereocenters. The van der Waals surface area contributed by atoms with Crippen molar-refractivity contribution in [3.63, 3.8) is 0 Å². The molecular formula is C20H24N4O2. The number of ether oxygens (including phenoxy) is 1. The van der Waals surface area contributed by atoms with Crippen LogP contribution in [0.5, 0.6) is 0 Å². The van der Waals surface area contributed by atoms with Crippen LogP contribution in [0.2, 0.25) is 0 Å². The molecule has 0 N–H and O–H groups in total. The Bertz CT molecular complexity index is 767. The molecule has 1 aromatic heterocycles. The van der Waals surface area contributed by atoms with Gasteiger partial charge < -0.3 is 9.64 Å². The van der Waals surface area contributed by atoms with Crippen molar-refractivity contribution in [1.82, 2.24) is 19.8 Å². The molecule has 2 aromatic rings. The summed E-state index contributed by atoms with van der Waals surface area (Å²) in [5.41, 5.74) is 3.06. The van der Waals surface area contributed by atoms with Gasteiger partial charge in [-0.25, -0.2) is 4.98 Å². The third kappa shape index (κ3) is 3.48. The van der Waals surface area contributed by atoms with E-state index < -0.39 is 0 Å². The second-order valence-electron chi connectivity index (χ2n) is 7.02. The second-order valence-corrected chi connectivity index (χ2v) is 7.02. The molecule has 136 valence electrons. The maximum atomic E-state index is 12.9. The number of carbonyl (C=O) groups excluding carboxylic acids is 1. The molecule has 4 rings (SSSR count). The van der Waals surface area contributed by atoms with Gasteiger partial charge in [-0.2, -0.15) is 0 Å². The van der Waals surface area contributed by atoms with Crippen molar-refractivity contribution in [2.75, 3.05) is 26.2 Å². The molecule has 0 bridgehead atoms. The van der Waals surface area contributed by atoms with Gasteiger partial charge in [0.05, 0.1) is 24.9 Å². The molecule has 0 radical (unpaired) electrons. The lowest BCUT2D eigenvalue weighted by atomic mass is 9.97. The summed E-state index contributed by atoms with van der Waals surface area (Å²) in [5.74, 6) is -0.0471. The molecule has 0 aliphatic carbocycles. The van der Waals surface area contributed by atoms with Gasteiger partial charge in [-0.1, -0.05) is 24.3 Å². The number of morpholine rings is 1. The Morgan fingerprint density at radius 1 is 1.27 bits per heavy atom. The molecule has 26 heavy (non-hydrogen) atoms. The number of hydrogen-bond acceptors (Lipinski definition) is 5. The van der Waals surface area contributed by atoms with E-state index in [9.17, 15) is 4.79 Å². The van der Waals surface area contributed by atoms with E-state index in [-0.39, 0.29) is 18.1 Å². The summed E-state index contributed by atoms with van der Waals surface area (Å²) in [6, 6.07) is 8.55. The van der Waals surface area contributed by atoms with Crippen LogP contribution in [0.4, 0.5) is 0 Å². The van der Waals surface area contributed by atoms with Crippen molar-refractivity contribution >= 4 is 5.91 Å². The molecule has 1 aromatic carbocycles. The van der Waals surface area contributed by atoms with Crippen molar-refractivity contribution in [2.45, 2.75) is 32.0 Å². The van der Waals surface area contributed by atoms with E-state index >= 15 is 0 Å². The summed E-state index contributed by atoms with van der Waals surface area (Å²) in [5, 5.41) is 0. The van der Waals surface area contributed by atoms with Crippen LogP contribution in [-0.4, -0.2) is 64.1 Å². The van der Waals surface area contributed by atoms with Crippen LogP contribution in [0.3, 0.4) is 0 Å². The molecule has 0 spiro atoms. The highest BCUT2D eigenvalue weighted by molar-refractivity contribution is 5.92. The molecule has 0 saturated carbocycles. The Morgan fingerprint density at radius 3 is 2.96 bits per heavy atom. The number of fused-ring (bicyclic) bond motifs is 1. The smallest absolute Gasteiger partial charge is 0.274 e. The molecule has 2 atom stereocenters. The zero-order valence-electron chi connectivity index (χ0n) is 15.0. The Labute approximate surface area is 153 Å². The topological polar surface area (TPSA) is 58.6 Å². The fourth-order valence-electron chi connectivity index (χ4n) is 3.92. The highest BCUT2D eigenvalue weighted by Gasteiger charge is 2.39. The molecular weight excluding hydrogens is 328 g/mol. The molecule has 2 fully saturated rings. The number of aromatic nitrogens is 2. The van der Waals surface area contributed by atoms with E-state index in [0.717, 1.165) is 26.1 Å². The van der Waals surface area contributed by atoms with Gasteiger partial charge >= 0.3 is 0 Å². The predicted octanol–water partition coefficient (Wildman–Crippen LogP) is 1.90. The third-order valence-corrected chi connectivity index (χ3v) is 5.37. The van der Waals surface area contributed by atoms with Crippen LogP contribution >= 0.6 is 0 Å². The number of benzene rings is 1. The van der Waals surface area contributed by atoms with Gasteiger partial charge in [0.1, 0.15) is 5.69 Å². The Kier molecular flexibility index (Phi) is 4.95. The van der Waals surface area contributed by atoms with Gasteiger partial charge in [0.25, 0.3) is 5.91 Å². The average molecular weight is 352 g/mol. The third-order valence-electron chi connectivity index (χ3n) is 5.37. The van der Waals surface area contributed by atoms with Crippen molar-refractivity contribution < 1.29 is 9.53 Å². The van der Waals surface area contributed by atoms with E-state index in [1.807, 2.05) is 4.90 Å². The van der Waals surface area contributed by atoms with Crippen molar-refractivity contribution in [2.24, 2.45) is 0 Å². The van der Waals surface area contributed by atoms with Gasteiger partial charge in [-0.15, -0.1) is 0 Å². The highest BCUT2D eigenvalue weighted by atomic mass is 16.5. The Balaban J connectivity index is 1.50. The quantitative estimate of drug-likeness (QED) is 0.844. The van der Waals surface area contributed by atoms with Crippen molar-refractivity contribution in [3.8, 4) is 0 Å². The first kappa shape index (κ1) is 17.1. The zero-order chi connectivity index (χ0) is 17.9. The standard InChI is InChI=1S/C20H24N4O2/c1-15-4-2-3-5-16(15)13-23-9-6-19-18(14-23)24(10-11-26-19)20(25)17-12-21-7-8-22-17/h2-5,7-8,12,18-19H,6,9-11,13-14H2,1H3/t18-,19-/m1/s1. The summed E-state index contributed by atoms with van der Waals surface area (Å²) in [6.07, 6.45) is 5.75. The average Bonchev–Trinajstić information content (AvgIpc) is 2.69. The lowest BCUT2D eigenvalue weighted by molar-refractivity contribution is -0.0915. The summed E-state index contributed by atoms with van der Waals surface area (Å²) in [7, 11) is 0. The normalized spacial score (nSPS) is 23.5. The number of carbonyl (C=O) groups is 1. The molecule has 2 aliphatic rings. The monoisotopic (exact) mass is 352 g/mol. The summed E-state index contributed by atoms with van der Waals surface area (Å²) in [6.45, 7) is 6.06. The van der Waals surface area contributed by atoms with Crippen LogP contribution in [0.15, 0.2) is 42.9 Å². The molecule has 3 heterocycles. The summed E-state index contributed by atoms with van der Waals surface area (Å²) < 4.78 is 5.96. The molecule has 2 saturated heterocycles. The number of rotatable bonds is 3. The predicted molar refractivity (Wildman–Crippen MR) is 97.7 cm³/mol. The minimum Gasteiger partial charge on any atom is -0.374 e. The van der Waals surface area contributed by atoms with E-state index in [1.165, 1.54) is 11.1 Å². The largest absolute Gasteiger partial charge is 0.374 e. The lowest BCUT2D eigenvalue weighted by Gasteiger charge is -2.47. The lowest BCUT2D eigenvalue weighted by Crippen LogP contribution is -2.61. The minimum atomic E-state index is -0.0471. The molecule has 6 heteroatoms. The second kappa shape index (κ2) is 7.51. The maximum absolute atomic E-state index is 12.9. The van der Waals surface area contributed by atoms with Gasteiger partial charge in [-0.05, 0) is 24.5 Å². The first-order valence-electron chi connectivity index (χ1n) is 9.18. The number of hydrogen-bond donors (Lipinski definition) is 0. The number of aryl methyl sites for hydroxylation is 1. The fourth-order valence-corrected chi connectivity index (χ4v) is 3.92. The first-order chi connectivity index (χ1) is 12.7. The maximum Gasteiger partial charge on any atom is 0.274 e. The van der Waals surface area contributed by atoms with Gasteiger partial charge in [0, 0.05) is 38.6 Å². The number of amides is 1. The van der Waals surface area contributed by atoms with Crippen molar-refractivity contribution in [1.29, 1.82) is 0 Å². The highest BCUT2D eigenvalue weighted by Crippen LogP contribution is 2.25. The van der Waals surface area contributed by atoms with E-state index in [1.54, 1.807) is 18.6 Å². The van der Waals surface area contributed by atoms with E-state index in [2.05, 4.69) is 46.1 Å². The van der Waals surface area contributed by atoms with Crippen LogP contribution in [0, 0.1) is 6.92 Å². The number of piperidine rings is 1. The van der Waals surface area contributed by atoms with Gasteiger partial charge in [-0.3, -0.25) is 14.7 Å². The summed E-state index contributed by atoms with van der Waals surface area (Å²) >= 11 is 0. The number of likely N-dealkylation sites (tertiary alicyclic amines) is 1. The zero-order valence-corrected chi connectivity index (χ0v) is 15.0. The van der Waals surface area contributed by atoms with Crippen LogP contribution in [-0.2, 0) is 11.3 Å². The van der Waals surface area contributed by atoms with Gasteiger partial charge in [0.2, 0.25) is 0 Å². The number of nitrogens with zero attached hydrogens (tertiary/aromatic N) is 4. The fraction of sp³-hybridized carbons (Fsp3) is 0.450. The van der Waals surface area contributed by atoms with Crippen molar-refractivity contribution in [3.05, 3.63) is 59.7 Å². The van der Waals surface area contributed by atoms with E-state index in [4.69, 9.17) is 4.74 Å². The van der Waals surface area contributed by atoms with E-state index in [0.29, 0.717) is 18.8 Å². The Morgan fingerprint density at radius 2 is 2.15 bits per heavy atom. The van der Waals surface area contributed by atoms with Crippen LogP contribution in [0.1, 0.15) is 28.0 Å².